The SMILES string of the molecule is CC(C)(C)OC(=O)N1C[C@@]2(CO)C[C@H]1CO2. The first-order valence-corrected chi connectivity index (χ1v) is 5.60. The largest absolute Gasteiger partial charge is 0.444 e. The lowest BCUT2D eigenvalue weighted by molar-refractivity contribution is -0.0756. The third kappa shape index (κ3) is 2.01. The van der Waals surface area contributed by atoms with Crippen molar-refractivity contribution in [3.05, 3.63) is 0 Å². The minimum Gasteiger partial charge on any atom is -0.444 e. The van der Waals surface area contributed by atoms with Gasteiger partial charge in [-0.05, 0) is 20.8 Å². The number of carbonyl (C=O) groups excluding carboxylic acids is 1. The number of ether oxygens (including phenoxy) is 2. The molecule has 2 aliphatic rings. The Morgan fingerprint density at radius 1 is 1.62 bits per heavy atom. The first-order chi connectivity index (χ1) is 7.35. The molecule has 5 heteroatoms. The molecule has 2 fully saturated rings. The summed E-state index contributed by atoms with van der Waals surface area (Å²) in [6.07, 6.45) is 0.402. The smallest absolute Gasteiger partial charge is 0.410 e. The van der Waals surface area contributed by atoms with Gasteiger partial charge < -0.3 is 14.6 Å². The zero-order chi connectivity index (χ0) is 12.0. The molecule has 2 aliphatic heterocycles. The van der Waals surface area contributed by atoms with Crippen LogP contribution in [0.4, 0.5) is 4.79 Å². The van der Waals surface area contributed by atoms with E-state index in [1.807, 2.05) is 20.8 Å². The van der Waals surface area contributed by atoms with E-state index in [0.717, 1.165) is 0 Å². The van der Waals surface area contributed by atoms with Crippen LogP contribution in [0.15, 0.2) is 0 Å². The van der Waals surface area contributed by atoms with Gasteiger partial charge >= 0.3 is 6.09 Å². The van der Waals surface area contributed by atoms with Crippen LogP contribution < -0.4 is 0 Å². The van der Waals surface area contributed by atoms with Gasteiger partial charge in [0.15, 0.2) is 0 Å². The summed E-state index contributed by atoms with van der Waals surface area (Å²) in [7, 11) is 0. The quantitative estimate of drug-likeness (QED) is 0.721. The Balaban J connectivity index is 2.01. The van der Waals surface area contributed by atoms with Gasteiger partial charge in [0.1, 0.15) is 11.2 Å². The summed E-state index contributed by atoms with van der Waals surface area (Å²) >= 11 is 0. The monoisotopic (exact) mass is 229 g/mol. The molecule has 5 nitrogen and oxygen atoms in total. The Bertz CT molecular complexity index is 299. The maximum absolute atomic E-state index is 11.9. The van der Waals surface area contributed by atoms with Crippen molar-refractivity contribution in [2.45, 2.75) is 44.4 Å². The molecule has 0 aromatic rings. The van der Waals surface area contributed by atoms with Crippen LogP contribution in [-0.4, -0.2) is 53.1 Å². The minimum absolute atomic E-state index is 0.0389. The maximum atomic E-state index is 11.9. The van der Waals surface area contributed by atoms with Gasteiger partial charge in [0.25, 0.3) is 0 Å². The molecule has 2 rings (SSSR count). The van der Waals surface area contributed by atoms with Gasteiger partial charge in [0.2, 0.25) is 0 Å². The molecule has 92 valence electrons. The first-order valence-electron chi connectivity index (χ1n) is 5.60. The van der Waals surface area contributed by atoms with Crippen molar-refractivity contribution in [2.75, 3.05) is 19.8 Å². The second-order valence-electron chi connectivity index (χ2n) is 5.62. The van der Waals surface area contributed by atoms with Gasteiger partial charge in [-0.15, -0.1) is 0 Å². The van der Waals surface area contributed by atoms with Gasteiger partial charge in [0.05, 0.1) is 25.8 Å². The molecule has 0 radical (unpaired) electrons. The average molecular weight is 229 g/mol. The van der Waals surface area contributed by atoms with Crippen molar-refractivity contribution in [3.63, 3.8) is 0 Å². The minimum atomic E-state index is -0.540. The van der Waals surface area contributed by atoms with E-state index in [0.29, 0.717) is 19.6 Å². The number of morpholine rings is 1. The van der Waals surface area contributed by atoms with E-state index < -0.39 is 11.2 Å². The topological polar surface area (TPSA) is 59.0 Å². The third-order valence-electron chi connectivity index (χ3n) is 3.00. The zero-order valence-electron chi connectivity index (χ0n) is 10.0. The molecular formula is C11H19NO4. The molecule has 0 unspecified atom stereocenters. The maximum Gasteiger partial charge on any atom is 0.410 e. The Morgan fingerprint density at radius 3 is 2.81 bits per heavy atom. The number of hydrogen-bond acceptors (Lipinski definition) is 4. The van der Waals surface area contributed by atoms with Gasteiger partial charge in [-0.25, -0.2) is 4.79 Å². The fraction of sp³-hybridized carbons (Fsp3) is 0.909. The number of hydrogen-bond donors (Lipinski definition) is 1. The van der Waals surface area contributed by atoms with Crippen LogP contribution in [0.1, 0.15) is 27.2 Å². The Kier molecular flexibility index (Phi) is 2.62. The molecule has 2 saturated heterocycles. The highest BCUT2D eigenvalue weighted by Crippen LogP contribution is 2.37. The van der Waals surface area contributed by atoms with Gasteiger partial charge in [0, 0.05) is 6.42 Å². The number of aliphatic hydroxyl groups is 1. The predicted octanol–water partition coefficient (Wildman–Crippen LogP) is 0.757. The third-order valence-corrected chi connectivity index (χ3v) is 3.00. The van der Waals surface area contributed by atoms with Crippen molar-refractivity contribution in [1.82, 2.24) is 4.90 Å². The van der Waals surface area contributed by atoms with E-state index >= 15 is 0 Å². The van der Waals surface area contributed by atoms with E-state index in [4.69, 9.17) is 9.47 Å². The lowest BCUT2D eigenvalue weighted by Crippen LogP contribution is -2.48. The number of aliphatic hydroxyl groups excluding tert-OH is 1. The molecule has 0 aromatic heterocycles. The molecule has 0 aliphatic carbocycles. The number of amides is 1. The predicted molar refractivity (Wildman–Crippen MR) is 57.1 cm³/mol. The standard InChI is InChI=1S/C11H19NO4/c1-10(2,3)16-9(14)12-6-11(7-13)4-8(12)5-15-11/h8,13H,4-7H2,1-3H3/t8-,11+/m0/s1. The van der Waals surface area contributed by atoms with Crippen LogP contribution in [0.25, 0.3) is 0 Å². The van der Waals surface area contributed by atoms with E-state index in [2.05, 4.69) is 0 Å². The number of carbonyl (C=O) groups is 1. The molecule has 2 heterocycles. The molecule has 1 N–H and O–H groups in total. The summed E-state index contributed by atoms with van der Waals surface area (Å²) in [6.45, 7) is 6.43. The molecule has 1 amide bonds. The van der Waals surface area contributed by atoms with E-state index in [-0.39, 0.29) is 18.7 Å². The molecule has 2 bridgehead atoms. The second kappa shape index (κ2) is 3.60. The molecule has 2 atom stereocenters. The number of rotatable bonds is 1. The highest BCUT2D eigenvalue weighted by molar-refractivity contribution is 5.69. The van der Waals surface area contributed by atoms with Crippen LogP contribution >= 0.6 is 0 Å². The van der Waals surface area contributed by atoms with E-state index in [1.165, 1.54) is 0 Å². The Labute approximate surface area is 95.3 Å². The van der Waals surface area contributed by atoms with Crippen LogP contribution in [0, 0.1) is 0 Å². The summed E-state index contributed by atoms with van der Waals surface area (Å²) < 4.78 is 10.8. The highest BCUT2D eigenvalue weighted by atomic mass is 16.6. The number of likely N-dealkylation sites (tertiary alicyclic amines) is 1. The highest BCUT2D eigenvalue weighted by Gasteiger charge is 2.53. The van der Waals surface area contributed by atoms with Crippen molar-refractivity contribution in [1.29, 1.82) is 0 Å². The normalized spacial score (nSPS) is 33.2. The van der Waals surface area contributed by atoms with Crippen molar-refractivity contribution in [2.24, 2.45) is 0 Å². The zero-order valence-corrected chi connectivity index (χ0v) is 10.0. The van der Waals surface area contributed by atoms with Gasteiger partial charge in [-0.1, -0.05) is 0 Å². The molecule has 16 heavy (non-hydrogen) atoms. The number of fused-ring (bicyclic) bond motifs is 2. The van der Waals surface area contributed by atoms with E-state index in [1.54, 1.807) is 4.90 Å². The lowest BCUT2D eigenvalue weighted by Gasteiger charge is -2.33. The van der Waals surface area contributed by atoms with Crippen LogP contribution in [0.5, 0.6) is 0 Å². The van der Waals surface area contributed by atoms with E-state index in [9.17, 15) is 9.90 Å². The lowest BCUT2D eigenvalue weighted by atomic mass is 10.1. The Morgan fingerprint density at radius 2 is 2.31 bits per heavy atom. The molecule has 0 spiro atoms. The second-order valence-corrected chi connectivity index (χ2v) is 5.62. The van der Waals surface area contributed by atoms with Gasteiger partial charge in [-0.3, -0.25) is 4.90 Å². The summed E-state index contributed by atoms with van der Waals surface area (Å²) in [6, 6.07) is 0.0574. The summed E-state index contributed by atoms with van der Waals surface area (Å²) in [5.41, 5.74) is -1.02. The average Bonchev–Trinajstić information content (AvgIpc) is 2.72. The van der Waals surface area contributed by atoms with Crippen molar-refractivity contribution < 1.29 is 19.4 Å². The summed E-state index contributed by atoms with van der Waals surface area (Å²) in [5.74, 6) is 0. The summed E-state index contributed by atoms with van der Waals surface area (Å²) in [4.78, 5) is 13.5. The van der Waals surface area contributed by atoms with Crippen molar-refractivity contribution in [3.8, 4) is 0 Å². The Hall–Kier alpha value is -0.810. The van der Waals surface area contributed by atoms with Crippen LogP contribution in [0.2, 0.25) is 0 Å². The number of nitrogens with zero attached hydrogens (tertiary/aromatic N) is 1. The van der Waals surface area contributed by atoms with Crippen molar-refractivity contribution >= 4 is 6.09 Å². The van der Waals surface area contributed by atoms with Gasteiger partial charge in [-0.2, -0.15) is 0 Å². The fourth-order valence-electron chi connectivity index (χ4n) is 2.26. The van der Waals surface area contributed by atoms with Crippen LogP contribution in [0.3, 0.4) is 0 Å². The molecule has 0 saturated carbocycles. The fourth-order valence-corrected chi connectivity index (χ4v) is 2.26. The molecular weight excluding hydrogens is 210 g/mol. The first kappa shape index (κ1) is 11.7. The summed E-state index contributed by atoms with van der Waals surface area (Å²) in [5, 5.41) is 9.27. The molecule has 0 aromatic carbocycles. The van der Waals surface area contributed by atoms with Crippen LogP contribution in [-0.2, 0) is 9.47 Å².